The van der Waals surface area contributed by atoms with Crippen LogP contribution in [0.3, 0.4) is 0 Å². The van der Waals surface area contributed by atoms with Gasteiger partial charge in [0.15, 0.2) is 5.17 Å². The van der Waals surface area contributed by atoms with Gasteiger partial charge in [-0.05, 0) is 32.1 Å². The summed E-state index contributed by atoms with van der Waals surface area (Å²) in [5.74, 6) is 2.08. The molecule has 14 heavy (non-hydrogen) atoms. The SMILES string of the molecule is CCC1CSC(NC(C)C2CCC2)=N1. The molecule has 1 heterocycles. The minimum Gasteiger partial charge on any atom is -0.362 e. The van der Waals surface area contributed by atoms with Gasteiger partial charge < -0.3 is 5.32 Å². The molecule has 2 rings (SSSR count). The lowest BCUT2D eigenvalue weighted by molar-refractivity contribution is 0.259. The lowest BCUT2D eigenvalue weighted by atomic mass is 9.80. The molecule has 1 fully saturated rings. The summed E-state index contributed by atoms with van der Waals surface area (Å²) in [5.41, 5.74) is 0. The first-order valence-corrected chi connectivity index (χ1v) is 6.75. The fraction of sp³-hybridized carbons (Fsp3) is 0.909. The van der Waals surface area contributed by atoms with Crippen LogP contribution in [0.25, 0.3) is 0 Å². The van der Waals surface area contributed by atoms with Gasteiger partial charge >= 0.3 is 0 Å². The lowest BCUT2D eigenvalue weighted by Gasteiger charge is -2.32. The molecule has 0 spiro atoms. The van der Waals surface area contributed by atoms with Crippen molar-refractivity contribution >= 4 is 16.9 Å². The maximum atomic E-state index is 4.66. The van der Waals surface area contributed by atoms with Crippen molar-refractivity contribution in [3.05, 3.63) is 0 Å². The highest BCUT2D eigenvalue weighted by atomic mass is 32.2. The Morgan fingerprint density at radius 3 is 2.86 bits per heavy atom. The van der Waals surface area contributed by atoms with E-state index in [0.29, 0.717) is 12.1 Å². The Hall–Kier alpha value is -0.180. The first-order chi connectivity index (χ1) is 6.79. The van der Waals surface area contributed by atoms with Crippen molar-refractivity contribution in [2.45, 2.75) is 51.6 Å². The van der Waals surface area contributed by atoms with Crippen LogP contribution in [-0.4, -0.2) is 23.0 Å². The Morgan fingerprint density at radius 2 is 2.36 bits per heavy atom. The van der Waals surface area contributed by atoms with Crippen LogP contribution in [0.15, 0.2) is 4.99 Å². The van der Waals surface area contributed by atoms with Crippen molar-refractivity contribution in [3.8, 4) is 0 Å². The first kappa shape index (κ1) is 10.3. The average molecular weight is 212 g/mol. The second-order valence-electron chi connectivity index (χ2n) is 4.43. The second-order valence-corrected chi connectivity index (χ2v) is 5.44. The number of hydrogen-bond donors (Lipinski definition) is 1. The van der Waals surface area contributed by atoms with Gasteiger partial charge in [0.1, 0.15) is 0 Å². The summed E-state index contributed by atoms with van der Waals surface area (Å²) in [5, 5.41) is 4.75. The van der Waals surface area contributed by atoms with E-state index in [4.69, 9.17) is 0 Å². The Morgan fingerprint density at radius 1 is 1.57 bits per heavy atom. The zero-order valence-electron chi connectivity index (χ0n) is 9.12. The third kappa shape index (κ3) is 2.25. The zero-order chi connectivity index (χ0) is 9.97. The van der Waals surface area contributed by atoms with Crippen LogP contribution in [0.4, 0.5) is 0 Å². The number of nitrogens with one attached hydrogen (secondary N) is 1. The standard InChI is InChI=1S/C11H20N2S/c1-3-10-7-14-11(13-10)12-8(2)9-5-4-6-9/h8-10H,3-7H2,1-2H3,(H,12,13). The van der Waals surface area contributed by atoms with Crippen molar-refractivity contribution in [1.29, 1.82) is 0 Å². The molecule has 2 aliphatic rings. The van der Waals surface area contributed by atoms with E-state index in [-0.39, 0.29) is 0 Å². The first-order valence-electron chi connectivity index (χ1n) is 5.76. The van der Waals surface area contributed by atoms with E-state index in [1.54, 1.807) is 0 Å². The Labute approximate surface area is 90.9 Å². The molecule has 0 amide bonds. The van der Waals surface area contributed by atoms with E-state index in [2.05, 4.69) is 24.2 Å². The van der Waals surface area contributed by atoms with Gasteiger partial charge in [-0.3, -0.25) is 4.99 Å². The molecule has 3 heteroatoms. The summed E-state index contributed by atoms with van der Waals surface area (Å²) < 4.78 is 0. The summed E-state index contributed by atoms with van der Waals surface area (Å²) >= 11 is 1.89. The predicted octanol–water partition coefficient (Wildman–Crippen LogP) is 2.65. The van der Waals surface area contributed by atoms with Gasteiger partial charge in [0, 0.05) is 11.8 Å². The van der Waals surface area contributed by atoms with E-state index in [0.717, 1.165) is 5.92 Å². The van der Waals surface area contributed by atoms with Crippen molar-refractivity contribution in [3.63, 3.8) is 0 Å². The number of thioether (sulfide) groups is 1. The van der Waals surface area contributed by atoms with Gasteiger partial charge in [-0.1, -0.05) is 25.1 Å². The molecule has 1 saturated carbocycles. The second kappa shape index (κ2) is 4.56. The van der Waals surface area contributed by atoms with Gasteiger partial charge in [-0.15, -0.1) is 0 Å². The molecular weight excluding hydrogens is 192 g/mol. The van der Waals surface area contributed by atoms with Gasteiger partial charge in [-0.2, -0.15) is 0 Å². The lowest BCUT2D eigenvalue weighted by Crippen LogP contribution is -2.39. The van der Waals surface area contributed by atoms with Crippen LogP contribution < -0.4 is 5.32 Å². The minimum atomic E-state index is 0.566. The molecule has 0 bridgehead atoms. The summed E-state index contributed by atoms with van der Waals surface area (Å²) in [7, 11) is 0. The van der Waals surface area contributed by atoms with Gasteiger partial charge in [0.05, 0.1) is 6.04 Å². The van der Waals surface area contributed by atoms with Crippen LogP contribution in [0, 0.1) is 5.92 Å². The van der Waals surface area contributed by atoms with E-state index < -0.39 is 0 Å². The molecule has 0 radical (unpaired) electrons. The molecule has 0 aromatic carbocycles. The number of hydrogen-bond acceptors (Lipinski definition) is 3. The number of rotatable bonds is 3. The van der Waals surface area contributed by atoms with Crippen LogP contribution in [-0.2, 0) is 0 Å². The number of aliphatic imine (C=N–C) groups is 1. The molecule has 1 aliphatic heterocycles. The monoisotopic (exact) mass is 212 g/mol. The van der Waals surface area contributed by atoms with Crippen molar-refractivity contribution < 1.29 is 0 Å². The molecule has 2 atom stereocenters. The van der Waals surface area contributed by atoms with Gasteiger partial charge in [0.2, 0.25) is 0 Å². The Balaban J connectivity index is 1.79. The van der Waals surface area contributed by atoms with E-state index in [1.807, 2.05) is 11.8 Å². The van der Waals surface area contributed by atoms with Crippen molar-refractivity contribution in [2.24, 2.45) is 10.9 Å². The highest BCUT2D eigenvalue weighted by molar-refractivity contribution is 8.14. The largest absolute Gasteiger partial charge is 0.362 e. The summed E-state index contributed by atoms with van der Waals surface area (Å²) in [4.78, 5) is 4.66. The molecule has 80 valence electrons. The molecule has 1 aliphatic carbocycles. The molecule has 2 unspecified atom stereocenters. The number of nitrogens with zero attached hydrogens (tertiary/aromatic N) is 1. The molecule has 0 saturated heterocycles. The van der Waals surface area contributed by atoms with E-state index >= 15 is 0 Å². The highest BCUT2D eigenvalue weighted by Crippen LogP contribution is 2.30. The fourth-order valence-electron chi connectivity index (χ4n) is 1.96. The molecule has 1 N–H and O–H groups in total. The molecular formula is C11H20N2S. The van der Waals surface area contributed by atoms with E-state index in [9.17, 15) is 0 Å². The van der Waals surface area contributed by atoms with Crippen LogP contribution in [0.2, 0.25) is 0 Å². The molecule has 2 nitrogen and oxygen atoms in total. The third-order valence-corrected chi connectivity index (χ3v) is 4.44. The van der Waals surface area contributed by atoms with Crippen molar-refractivity contribution in [2.75, 3.05) is 5.75 Å². The normalized spacial score (nSPS) is 29.6. The van der Waals surface area contributed by atoms with Crippen LogP contribution in [0.5, 0.6) is 0 Å². The van der Waals surface area contributed by atoms with Crippen LogP contribution >= 0.6 is 11.8 Å². The molecule has 0 aromatic rings. The molecule has 0 aromatic heterocycles. The van der Waals surface area contributed by atoms with Gasteiger partial charge in [-0.25, -0.2) is 0 Å². The smallest absolute Gasteiger partial charge is 0.157 e. The van der Waals surface area contributed by atoms with Gasteiger partial charge in [0.25, 0.3) is 0 Å². The Kier molecular flexibility index (Phi) is 3.37. The van der Waals surface area contributed by atoms with E-state index in [1.165, 1.54) is 36.6 Å². The third-order valence-electron chi connectivity index (χ3n) is 3.39. The maximum absolute atomic E-state index is 4.66. The van der Waals surface area contributed by atoms with Crippen molar-refractivity contribution in [1.82, 2.24) is 5.32 Å². The Bertz CT molecular complexity index is 223. The summed E-state index contributed by atoms with van der Waals surface area (Å²) in [6, 6.07) is 1.20. The maximum Gasteiger partial charge on any atom is 0.157 e. The quantitative estimate of drug-likeness (QED) is 0.778. The minimum absolute atomic E-state index is 0.566. The zero-order valence-corrected chi connectivity index (χ0v) is 9.94. The summed E-state index contributed by atoms with van der Waals surface area (Å²) in [6.07, 6.45) is 5.41. The highest BCUT2D eigenvalue weighted by Gasteiger charge is 2.26. The average Bonchev–Trinajstić information content (AvgIpc) is 2.48. The predicted molar refractivity (Wildman–Crippen MR) is 63.9 cm³/mol. The fourth-order valence-corrected chi connectivity index (χ4v) is 3.11. The summed E-state index contributed by atoms with van der Waals surface area (Å²) in [6.45, 7) is 4.51. The topological polar surface area (TPSA) is 24.4 Å². The van der Waals surface area contributed by atoms with Crippen LogP contribution in [0.1, 0.15) is 39.5 Å². The number of amidine groups is 1.